The first-order valence-corrected chi connectivity index (χ1v) is 13.4. The van der Waals surface area contributed by atoms with Gasteiger partial charge in [-0.1, -0.05) is 13.8 Å². The smallest absolute Gasteiger partial charge is 0.326 e. The van der Waals surface area contributed by atoms with Crippen molar-refractivity contribution >= 4 is 53.1 Å². The third-order valence-corrected chi connectivity index (χ3v) is 10.8. The Morgan fingerprint density at radius 1 is 1.30 bits per heavy atom. The Balaban J connectivity index is 1.41. The maximum absolute atomic E-state index is 13.6. The molecule has 2 N–H and O–H groups in total. The zero-order valence-corrected chi connectivity index (χ0v) is 20.5. The summed E-state index contributed by atoms with van der Waals surface area (Å²) in [4.78, 5) is 44.8. The van der Waals surface area contributed by atoms with Crippen LogP contribution in [0.3, 0.4) is 0 Å². The summed E-state index contributed by atoms with van der Waals surface area (Å²) in [5.74, 6) is -1.44. The number of carbonyl (C=O) groups is 3. The number of aromatic amines is 1. The van der Waals surface area contributed by atoms with Gasteiger partial charge in [0, 0.05) is 10.1 Å². The van der Waals surface area contributed by atoms with Gasteiger partial charge in [0.1, 0.15) is 11.8 Å². The molecule has 8 atom stereocenters. The van der Waals surface area contributed by atoms with Crippen LogP contribution in [0.4, 0.5) is 0 Å². The Labute approximate surface area is 203 Å². The topological polar surface area (TPSA) is 104 Å². The number of amides is 2. The van der Waals surface area contributed by atoms with Gasteiger partial charge in [0.05, 0.1) is 29.0 Å². The van der Waals surface area contributed by atoms with Gasteiger partial charge in [0.15, 0.2) is 3.95 Å². The monoisotopic (exact) mass is 504 g/mol. The largest absolute Gasteiger partial charge is 0.480 e. The summed E-state index contributed by atoms with van der Waals surface area (Å²) >= 11 is 8.73. The molecule has 2 aliphatic carbocycles. The lowest BCUT2D eigenvalue weighted by atomic mass is 9.69. The zero-order valence-electron chi connectivity index (χ0n) is 18.1. The molecule has 1 saturated heterocycles. The maximum Gasteiger partial charge on any atom is 0.326 e. The van der Waals surface area contributed by atoms with E-state index in [1.165, 1.54) is 0 Å². The molecule has 6 rings (SSSR count). The number of likely N-dealkylation sites (tertiary alicyclic amines) is 1. The summed E-state index contributed by atoms with van der Waals surface area (Å²) in [6, 6.07) is 2.76. The maximum atomic E-state index is 13.6. The lowest BCUT2D eigenvalue weighted by Gasteiger charge is -2.42. The Morgan fingerprint density at radius 2 is 2.03 bits per heavy atom. The molecule has 2 bridgehead atoms. The van der Waals surface area contributed by atoms with Crippen LogP contribution in [-0.4, -0.2) is 44.1 Å². The van der Waals surface area contributed by atoms with Gasteiger partial charge >= 0.3 is 5.97 Å². The van der Waals surface area contributed by atoms with Crippen molar-refractivity contribution in [2.75, 3.05) is 0 Å². The van der Waals surface area contributed by atoms with Crippen LogP contribution in [-0.2, 0) is 14.4 Å². The highest BCUT2D eigenvalue weighted by atomic mass is 32.2. The van der Waals surface area contributed by atoms with E-state index in [1.807, 2.05) is 26.0 Å². The molecule has 10 heteroatoms. The summed E-state index contributed by atoms with van der Waals surface area (Å²) in [5.41, 5.74) is 0. The van der Waals surface area contributed by atoms with E-state index in [1.54, 1.807) is 29.4 Å². The molecule has 2 aromatic heterocycles. The highest BCUT2D eigenvalue weighted by molar-refractivity contribution is 8.00. The minimum Gasteiger partial charge on any atom is -0.480 e. The summed E-state index contributed by atoms with van der Waals surface area (Å²) in [6.07, 6.45) is 2.76. The van der Waals surface area contributed by atoms with Gasteiger partial charge in [-0.3, -0.25) is 14.5 Å². The van der Waals surface area contributed by atoms with Crippen molar-refractivity contribution in [2.45, 2.75) is 48.9 Å². The highest BCUT2D eigenvalue weighted by Gasteiger charge is 2.70. The Morgan fingerprint density at radius 3 is 2.67 bits per heavy atom. The number of imide groups is 1. The minimum absolute atomic E-state index is 0.0157. The predicted octanol–water partition coefficient (Wildman–Crippen LogP) is 4.37. The first kappa shape index (κ1) is 21.6. The van der Waals surface area contributed by atoms with Crippen LogP contribution in [0.5, 0.6) is 0 Å². The molecule has 2 aromatic rings. The van der Waals surface area contributed by atoms with Crippen molar-refractivity contribution in [1.29, 1.82) is 0 Å². The molecular weight excluding hydrogens is 480 g/mol. The fourth-order valence-electron chi connectivity index (χ4n) is 6.90. The molecule has 33 heavy (non-hydrogen) atoms. The molecular formula is C23H24N2O5S3. The quantitative estimate of drug-likeness (QED) is 0.460. The number of nitrogens with zero attached hydrogens (tertiary/aromatic N) is 1. The highest BCUT2D eigenvalue weighted by Crippen LogP contribution is 2.69. The standard InChI is InChI=1S/C23H24N2O5S3/c1-8(2)6-11(22(28)29)25-20(26)14-9-7-10(15(14)21(25)27)17-13(9)16(12-4-3-5-30-12)18-19(32-17)24-23(31)33-18/h3-5,8-11,13-17H,6-7H2,1-2H3,(H,24,31)(H,28,29). The molecule has 174 valence electrons. The van der Waals surface area contributed by atoms with Crippen LogP contribution in [0.1, 0.15) is 43.2 Å². The van der Waals surface area contributed by atoms with Gasteiger partial charge in [-0.25, -0.2) is 4.79 Å². The molecule has 8 unspecified atom stereocenters. The van der Waals surface area contributed by atoms with Crippen LogP contribution in [0, 0.1) is 39.5 Å². The second kappa shape index (κ2) is 7.55. The molecule has 3 fully saturated rings. The number of carbonyl (C=O) groups excluding carboxylic acids is 2. The first-order chi connectivity index (χ1) is 15.8. The van der Waals surface area contributed by atoms with Crippen molar-refractivity contribution in [2.24, 2.45) is 35.5 Å². The van der Waals surface area contributed by atoms with Crippen molar-refractivity contribution in [3.05, 3.63) is 33.0 Å². The average Bonchev–Trinajstić information content (AvgIpc) is 3.54. The molecule has 0 aromatic carbocycles. The van der Waals surface area contributed by atoms with E-state index in [4.69, 9.17) is 16.6 Å². The Bertz CT molecular complexity index is 1200. The third-order valence-electron chi connectivity index (χ3n) is 7.90. The minimum atomic E-state index is -1.10. The number of fused-ring (bicyclic) bond motifs is 9. The normalized spacial score (nSPS) is 35.1. The SMILES string of the molecule is CC(C)CC(C(=O)O)N1C(=O)C2C3CC(C2C1=O)C1C(c2ccco2)c2sc(=S)[nH]c2SC31. The molecule has 2 amide bonds. The van der Waals surface area contributed by atoms with Gasteiger partial charge in [-0.05, 0) is 60.9 Å². The summed E-state index contributed by atoms with van der Waals surface area (Å²) < 4.78 is 6.57. The zero-order chi connectivity index (χ0) is 23.2. The van der Waals surface area contributed by atoms with Crippen LogP contribution in [0.15, 0.2) is 27.8 Å². The van der Waals surface area contributed by atoms with E-state index in [0.29, 0.717) is 3.95 Å². The molecule has 7 nitrogen and oxygen atoms in total. The van der Waals surface area contributed by atoms with Crippen molar-refractivity contribution < 1.29 is 23.9 Å². The number of H-pyrrole nitrogens is 1. The van der Waals surface area contributed by atoms with E-state index in [0.717, 1.165) is 27.0 Å². The molecule has 0 spiro atoms. The lowest BCUT2D eigenvalue weighted by molar-refractivity contribution is -0.156. The van der Waals surface area contributed by atoms with Gasteiger partial charge in [0.25, 0.3) is 0 Å². The number of carboxylic acid groups (broad SMARTS) is 1. The molecule has 0 radical (unpaired) electrons. The molecule has 4 aliphatic rings. The second-order valence-corrected chi connectivity index (χ2v) is 12.9. The van der Waals surface area contributed by atoms with E-state index in [2.05, 4.69) is 4.98 Å². The number of thiazole rings is 1. The summed E-state index contributed by atoms with van der Waals surface area (Å²) in [6.45, 7) is 3.82. The molecule has 2 saturated carbocycles. The first-order valence-electron chi connectivity index (χ1n) is 11.3. The van der Waals surface area contributed by atoms with Crippen molar-refractivity contribution in [3.63, 3.8) is 0 Å². The fourth-order valence-corrected chi connectivity index (χ4v) is 10.2. The second-order valence-electron chi connectivity index (χ2n) is 10.0. The van der Waals surface area contributed by atoms with Crippen LogP contribution < -0.4 is 0 Å². The van der Waals surface area contributed by atoms with Gasteiger partial charge in [0.2, 0.25) is 11.8 Å². The van der Waals surface area contributed by atoms with Crippen molar-refractivity contribution in [3.8, 4) is 0 Å². The van der Waals surface area contributed by atoms with Crippen LogP contribution in [0.25, 0.3) is 0 Å². The third kappa shape index (κ3) is 2.99. The number of hydrogen-bond acceptors (Lipinski definition) is 7. The Kier molecular flexibility index (Phi) is 4.94. The summed E-state index contributed by atoms with van der Waals surface area (Å²) in [5, 5.41) is 11.0. The fraction of sp³-hybridized carbons (Fsp3) is 0.565. The predicted molar refractivity (Wildman–Crippen MR) is 124 cm³/mol. The molecule has 4 heterocycles. The van der Waals surface area contributed by atoms with E-state index < -0.39 is 23.8 Å². The molecule has 2 aliphatic heterocycles. The van der Waals surface area contributed by atoms with Crippen LogP contribution in [0.2, 0.25) is 0 Å². The Hall–Kier alpha value is -1.91. The van der Waals surface area contributed by atoms with E-state index in [9.17, 15) is 19.5 Å². The lowest BCUT2D eigenvalue weighted by Crippen LogP contribution is -2.47. The van der Waals surface area contributed by atoms with Crippen molar-refractivity contribution in [1.82, 2.24) is 9.88 Å². The van der Waals surface area contributed by atoms with Gasteiger partial charge in [-0.15, -0.1) is 23.1 Å². The number of thioether (sulfide) groups is 1. The number of rotatable bonds is 5. The number of aromatic nitrogens is 1. The summed E-state index contributed by atoms with van der Waals surface area (Å²) in [7, 11) is 0. The van der Waals surface area contributed by atoms with E-state index >= 15 is 0 Å². The average molecular weight is 505 g/mol. The number of nitrogens with one attached hydrogen (secondary N) is 1. The van der Waals surface area contributed by atoms with E-state index in [-0.39, 0.29) is 53.1 Å². The number of carboxylic acids is 1. The number of hydrogen-bond donors (Lipinski definition) is 2. The van der Waals surface area contributed by atoms with Gasteiger partial charge < -0.3 is 14.5 Å². The number of furan rings is 1. The number of aliphatic carboxylic acids is 1. The van der Waals surface area contributed by atoms with Crippen LogP contribution >= 0.6 is 35.3 Å². The van der Waals surface area contributed by atoms with Gasteiger partial charge in [-0.2, -0.15) is 0 Å².